The highest BCUT2D eigenvalue weighted by Gasteiger charge is 2.10. The van der Waals surface area contributed by atoms with E-state index in [1.807, 2.05) is 17.5 Å². The second kappa shape index (κ2) is 4.05. The van der Waals surface area contributed by atoms with Crippen molar-refractivity contribution in [1.29, 1.82) is 0 Å². The number of amides is 1. The highest BCUT2D eigenvalue weighted by molar-refractivity contribution is 7.13. The Labute approximate surface area is 89.4 Å². The molecule has 0 atom stereocenters. The van der Waals surface area contributed by atoms with Gasteiger partial charge in [0.05, 0.1) is 4.88 Å². The lowest BCUT2D eigenvalue weighted by Gasteiger charge is -1.90. The van der Waals surface area contributed by atoms with Gasteiger partial charge in [0, 0.05) is 0 Å². The highest BCUT2D eigenvalue weighted by atomic mass is 32.1. The third kappa shape index (κ3) is 2.10. The predicted molar refractivity (Wildman–Crippen MR) is 56.4 cm³/mol. The minimum absolute atomic E-state index is 0.142. The summed E-state index contributed by atoms with van der Waals surface area (Å²) in [6, 6.07) is 3.74. The molecule has 0 aliphatic carbocycles. The number of thiophene rings is 1. The van der Waals surface area contributed by atoms with Crippen molar-refractivity contribution in [2.24, 2.45) is 0 Å². The summed E-state index contributed by atoms with van der Waals surface area (Å²) < 4.78 is 4.95. The number of carbonyl (C=O) groups excluding carboxylic acids is 1. The van der Waals surface area contributed by atoms with Gasteiger partial charge in [0.2, 0.25) is 5.91 Å². The van der Waals surface area contributed by atoms with Crippen LogP contribution in [0.2, 0.25) is 0 Å². The quantitative estimate of drug-likeness (QED) is 0.804. The second-order valence-corrected chi connectivity index (χ2v) is 3.54. The highest BCUT2D eigenvalue weighted by Crippen LogP contribution is 2.23. The topological polar surface area (TPSA) is 68.0 Å². The Morgan fingerprint density at radius 2 is 2.53 bits per heavy atom. The molecule has 2 aromatic heterocycles. The lowest BCUT2D eigenvalue weighted by molar-refractivity contribution is -0.111. The molecule has 2 aromatic rings. The number of aromatic nitrogens is 2. The van der Waals surface area contributed by atoms with Crippen LogP contribution in [-0.4, -0.2) is 16.0 Å². The van der Waals surface area contributed by atoms with Gasteiger partial charge in [-0.05, 0) is 22.7 Å². The van der Waals surface area contributed by atoms with Crippen molar-refractivity contribution in [1.82, 2.24) is 10.1 Å². The van der Waals surface area contributed by atoms with Gasteiger partial charge in [0.25, 0.3) is 11.8 Å². The van der Waals surface area contributed by atoms with Gasteiger partial charge in [0.1, 0.15) is 0 Å². The van der Waals surface area contributed by atoms with E-state index in [0.29, 0.717) is 5.89 Å². The molecule has 15 heavy (non-hydrogen) atoms. The maximum Gasteiger partial charge on any atom is 0.270 e. The van der Waals surface area contributed by atoms with Gasteiger partial charge in [-0.15, -0.1) is 11.3 Å². The molecule has 0 aromatic carbocycles. The molecular weight excluding hydrogens is 214 g/mol. The van der Waals surface area contributed by atoms with Crippen LogP contribution in [0.25, 0.3) is 10.8 Å². The molecule has 6 heteroatoms. The van der Waals surface area contributed by atoms with E-state index in [9.17, 15) is 4.79 Å². The fraction of sp³-hybridized carbons (Fsp3) is 0. The van der Waals surface area contributed by atoms with Crippen molar-refractivity contribution in [3.63, 3.8) is 0 Å². The number of hydrogen-bond acceptors (Lipinski definition) is 5. The van der Waals surface area contributed by atoms with Gasteiger partial charge in [0.15, 0.2) is 0 Å². The molecule has 2 heterocycles. The van der Waals surface area contributed by atoms with Crippen LogP contribution in [0.3, 0.4) is 0 Å². The number of nitrogens with one attached hydrogen (secondary N) is 1. The van der Waals surface area contributed by atoms with E-state index in [1.165, 1.54) is 11.3 Å². The van der Waals surface area contributed by atoms with Crippen LogP contribution in [0.4, 0.5) is 5.95 Å². The Morgan fingerprint density at radius 3 is 3.20 bits per heavy atom. The molecule has 1 amide bonds. The number of carbonyl (C=O) groups is 1. The fourth-order valence-electron chi connectivity index (χ4n) is 0.936. The summed E-state index contributed by atoms with van der Waals surface area (Å²) in [5.41, 5.74) is 0. The van der Waals surface area contributed by atoms with E-state index >= 15 is 0 Å². The Bertz CT molecular complexity index is 475. The monoisotopic (exact) mass is 221 g/mol. The fourth-order valence-corrected chi connectivity index (χ4v) is 1.58. The number of anilines is 1. The molecule has 0 bridgehead atoms. The summed E-state index contributed by atoms with van der Waals surface area (Å²) >= 11 is 1.48. The van der Waals surface area contributed by atoms with Crippen LogP contribution in [0.1, 0.15) is 0 Å². The molecule has 0 spiro atoms. The van der Waals surface area contributed by atoms with Crippen molar-refractivity contribution < 1.29 is 9.32 Å². The molecular formula is C9H7N3O2S. The van der Waals surface area contributed by atoms with Crippen molar-refractivity contribution in [2.75, 3.05) is 5.32 Å². The normalized spacial score (nSPS) is 9.87. The molecule has 5 nitrogen and oxygen atoms in total. The summed E-state index contributed by atoms with van der Waals surface area (Å²) in [6.07, 6.45) is 1.14. The van der Waals surface area contributed by atoms with Crippen molar-refractivity contribution in [2.45, 2.75) is 0 Å². The summed E-state index contributed by atoms with van der Waals surface area (Å²) in [6.45, 7) is 3.32. The zero-order valence-electron chi connectivity index (χ0n) is 7.64. The van der Waals surface area contributed by atoms with Gasteiger partial charge in [-0.25, -0.2) is 0 Å². The minimum Gasteiger partial charge on any atom is -0.331 e. The van der Waals surface area contributed by atoms with Crippen LogP contribution in [0.5, 0.6) is 0 Å². The number of hydrogen-bond donors (Lipinski definition) is 1. The third-order valence-electron chi connectivity index (χ3n) is 1.58. The predicted octanol–water partition coefficient (Wildman–Crippen LogP) is 1.92. The Kier molecular flexibility index (Phi) is 2.59. The lowest BCUT2D eigenvalue weighted by atomic mass is 10.5. The Hall–Kier alpha value is -1.95. The molecule has 0 aliphatic rings. The zero-order chi connectivity index (χ0) is 10.7. The second-order valence-electron chi connectivity index (χ2n) is 2.59. The molecule has 76 valence electrons. The molecule has 0 radical (unpaired) electrons. The van der Waals surface area contributed by atoms with Crippen LogP contribution < -0.4 is 5.32 Å². The number of rotatable bonds is 3. The molecule has 0 saturated heterocycles. The first-order valence-electron chi connectivity index (χ1n) is 4.10. The zero-order valence-corrected chi connectivity index (χ0v) is 8.45. The molecule has 0 unspecified atom stereocenters. The lowest BCUT2D eigenvalue weighted by Crippen LogP contribution is -2.08. The average molecular weight is 221 g/mol. The molecule has 2 rings (SSSR count). The summed E-state index contributed by atoms with van der Waals surface area (Å²) in [5, 5.41) is 7.91. The van der Waals surface area contributed by atoms with Crippen molar-refractivity contribution in [3.05, 3.63) is 30.2 Å². The van der Waals surface area contributed by atoms with Crippen LogP contribution >= 0.6 is 11.3 Å². The van der Waals surface area contributed by atoms with Gasteiger partial charge >= 0.3 is 0 Å². The van der Waals surface area contributed by atoms with Crippen LogP contribution in [0, 0.1) is 0 Å². The molecule has 0 aliphatic heterocycles. The maximum atomic E-state index is 10.9. The molecule has 0 fully saturated rings. The smallest absolute Gasteiger partial charge is 0.270 e. The summed E-state index contributed by atoms with van der Waals surface area (Å²) in [4.78, 5) is 15.8. The van der Waals surface area contributed by atoms with E-state index in [2.05, 4.69) is 22.0 Å². The number of nitrogens with zero attached hydrogens (tertiary/aromatic N) is 2. The summed E-state index contributed by atoms with van der Waals surface area (Å²) in [5.74, 6) is 0.168. The van der Waals surface area contributed by atoms with E-state index in [0.717, 1.165) is 11.0 Å². The first kappa shape index (κ1) is 9.60. The van der Waals surface area contributed by atoms with Crippen molar-refractivity contribution in [3.8, 4) is 10.8 Å². The Morgan fingerprint density at radius 1 is 1.67 bits per heavy atom. The largest absolute Gasteiger partial charge is 0.331 e. The van der Waals surface area contributed by atoms with E-state index in [1.54, 1.807) is 0 Å². The third-order valence-corrected chi connectivity index (χ3v) is 2.44. The van der Waals surface area contributed by atoms with Crippen LogP contribution in [0.15, 0.2) is 34.7 Å². The van der Waals surface area contributed by atoms with Gasteiger partial charge < -0.3 is 4.52 Å². The maximum absolute atomic E-state index is 10.9. The van der Waals surface area contributed by atoms with E-state index in [4.69, 9.17) is 4.52 Å². The molecule has 1 N–H and O–H groups in total. The Balaban J connectivity index is 2.17. The molecule has 0 saturated carbocycles. The average Bonchev–Trinajstić information content (AvgIpc) is 2.85. The standard InChI is InChI=1S/C9H7N3O2S/c1-2-7(13)10-9-11-8(14-12-9)6-4-3-5-15-6/h2-5H,1H2,(H,10,12,13). The van der Waals surface area contributed by atoms with Crippen LogP contribution in [-0.2, 0) is 4.79 Å². The first-order chi connectivity index (χ1) is 7.29. The van der Waals surface area contributed by atoms with E-state index < -0.39 is 0 Å². The van der Waals surface area contributed by atoms with Gasteiger partial charge in [-0.2, -0.15) is 4.98 Å². The van der Waals surface area contributed by atoms with E-state index in [-0.39, 0.29) is 11.9 Å². The summed E-state index contributed by atoms with van der Waals surface area (Å²) in [7, 11) is 0. The minimum atomic E-state index is -0.367. The first-order valence-corrected chi connectivity index (χ1v) is 4.98. The van der Waals surface area contributed by atoms with Gasteiger partial charge in [-0.3, -0.25) is 10.1 Å². The van der Waals surface area contributed by atoms with Crippen molar-refractivity contribution >= 4 is 23.2 Å². The SMILES string of the molecule is C=CC(=O)Nc1noc(-c2cccs2)n1. The van der Waals surface area contributed by atoms with Gasteiger partial charge in [-0.1, -0.05) is 12.6 Å².